The summed E-state index contributed by atoms with van der Waals surface area (Å²) in [7, 11) is 0. The Morgan fingerprint density at radius 1 is 1.43 bits per heavy atom. The average molecular weight is 285 g/mol. The molecule has 0 amide bonds. The van der Waals surface area contributed by atoms with E-state index in [1.807, 2.05) is 6.07 Å². The Kier molecular flexibility index (Phi) is 4.29. The molecule has 5 heteroatoms. The lowest BCUT2D eigenvalue weighted by molar-refractivity contribution is 0.631. The number of nitriles is 1. The summed E-state index contributed by atoms with van der Waals surface area (Å²) in [5.74, 6) is -1.01. The molecule has 0 fully saturated rings. The van der Waals surface area contributed by atoms with Crippen molar-refractivity contribution in [1.82, 2.24) is 0 Å². The van der Waals surface area contributed by atoms with Crippen molar-refractivity contribution in [2.24, 2.45) is 5.92 Å². The van der Waals surface area contributed by atoms with E-state index in [1.54, 1.807) is 12.2 Å². The van der Waals surface area contributed by atoms with E-state index in [-0.39, 0.29) is 34.3 Å². The van der Waals surface area contributed by atoms with Gasteiger partial charge in [0.05, 0.1) is 23.0 Å². The molecule has 0 heterocycles. The lowest BCUT2D eigenvalue weighted by atomic mass is 9.97. The van der Waals surface area contributed by atoms with Gasteiger partial charge in [-0.15, -0.1) is 0 Å². The lowest BCUT2D eigenvalue weighted by Crippen LogP contribution is -2.05. The number of rotatable bonds is 3. The molecule has 1 unspecified atom stereocenters. The second-order valence-corrected chi connectivity index (χ2v) is 4.65. The summed E-state index contributed by atoms with van der Waals surface area (Å²) in [6.07, 6.45) is 8.23. The molecule has 0 saturated heterocycles. The zero-order chi connectivity index (χ0) is 15.4. The van der Waals surface area contributed by atoms with Crippen molar-refractivity contribution < 1.29 is 8.78 Å². The molecule has 2 rings (SSSR count). The van der Waals surface area contributed by atoms with E-state index in [4.69, 9.17) is 16.4 Å². The predicted molar refractivity (Wildman–Crippen MR) is 77.9 cm³/mol. The van der Waals surface area contributed by atoms with Crippen molar-refractivity contribution in [3.05, 3.63) is 65.3 Å². The summed E-state index contributed by atoms with van der Waals surface area (Å²) in [5.41, 5.74) is 5.73. The molecule has 1 aliphatic rings. The number of anilines is 1. The summed E-state index contributed by atoms with van der Waals surface area (Å²) in [6.45, 7) is 0. The highest BCUT2D eigenvalue weighted by atomic mass is 19.1. The minimum atomic E-state index is -0.718. The van der Waals surface area contributed by atoms with Crippen LogP contribution in [0.1, 0.15) is 17.5 Å². The van der Waals surface area contributed by atoms with Gasteiger partial charge in [-0.2, -0.15) is 5.26 Å². The standard InChI is InChI=1S/C16H13F2N3/c17-12-4-1-10(2-5-12)3-6-15(20)13-7-11(9-19)8-14(18)16(13)21/h1,3-8,10,20H,2,21H2/b6-3+,20-15?. The van der Waals surface area contributed by atoms with Gasteiger partial charge in [-0.05, 0) is 42.7 Å². The van der Waals surface area contributed by atoms with Crippen molar-refractivity contribution in [2.75, 3.05) is 5.73 Å². The highest BCUT2D eigenvalue weighted by Crippen LogP contribution is 2.21. The second-order valence-electron chi connectivity index (χ2n) is 4.65. The third-order valence-corrected chi connectivity index (χ3v) is 3.15. The second kappa shape index (κ2) is 6.14. The SMILES string of the molecule is N#Cc1cc(F)c(N)c(C(=N)/C=C/C2C=CC(F)=CC2)c1. The monoisotopic (exact) mass is 285 g/mol. The molecule has 1 aliphatic carbocycles. The Hall–Kier alpha value is -2.74. The number of hydrogen-bond acceptors (Lipinski definition) is 3. The van der Waals surface area contributed by atoms with E-state index in [1.165, 1.54) is 24.3 Å². The van der Waals surface area contributed by atoms with Crippen LogP contribution in [0.25, 0.3) is 0 Å². The molecular weight excluding hydrogens is 272 g/mol. The molecular formula is C16H13F2N3. The molecule has 0 saturated carbocycles. The van der Waals surface area contributed by atoms with Crippen molar-refractivity contribution in [3.8, 4) is 6.07 Å². The Morgan fingerprint density at radius 2 is 2.19 bits per heavy atom. The van der Waals surface area contributed by atoms with Crippen LogP contribution < -0.4 is 5.73 Å². The van der Waals surface area contributed by atoms with Gasteiger partial charge >= 0.3 is 0 Å². The van der Waals surface area contributed by atoms with Gasteiger partial charge in [0, 0.05) is 5.56 Å². The molecule has 0 spiro atoms. The number of hydrogen-bond donors (Lipinski definition) is 2. The zero-order valence-electron chi connectivity index (χ0n) is 11.1. The number of nitrogens with two attached hydrogens (primary N) is 1. The summed E-state index contributed by atoms with van der Waals surface area (Å²) in [5, 5.41) is 16.8. The highest BCUT2D eigenvalue weighted by molar-refractivity contribution is 6.10. The molecule has 1 atom stereocenters. The summed E-state index contributed by atoms with van der Waals surface area (Å²) in [4.78, 5) is 0. The Bertz CT molecular complexity index is 709. The fourth-order valence-electron chi connectivity index (χ4n) is 1.97. The number of benzene rings is 1. The normalized spacial score (nSPS) is 17.6. The van der Waals surface area contributed by atoms with Gasteiger partial charge in [0.2, 0.25) is 0 Å². The van der Waals surface area contributed by atoms with Crippen LogP contribution in [0.5, 0.6) is 0 Å². The number of nitrogens with one attached hydrogen (secondary N) is 1. The van der Waals surface area contributed by atoms with Crippen LogP contribution >= 0.6 is 0 Å². The van der Waals surface area contributed by atoms with E-state index in [9.17, 15) is 8.78 Å². The summed E-state index contributed by atoms with van der Waals surface area (Å²) in [6, 6.07) is 4.24. The molecule has 106 valence electrons. The molecule has 3 N–H and O–H groups in total. The van der Waals surface area contributed by atoms with Gasteiger partial charge in [-0.25, -0.2) is 8.78 Å². The number of allylic oxidation sites excluding steroid dienone is 6. The predicted octanol–water partition coefficient (Wildman–Crippen LogP) is 3.63. The Morgan fingerprint density at radius 3 is 2.81 bits per heavy atom. The van der Waals surface area contributed by atoms with Crippen LogP contribution in [0.15, 0.2) is 48.3 Å². The van der Waals surface area contributed by atoms with Crippen LogP contribution in [-0.4, -0.2) is 5.71 Å². The maximum absolute atomic E-state index is 13.6. The number of nitrogen functional groups attached to an aromatic ring is 1. The van der Waals surface area contributed by atoms with Crippen LogP contribution in [0, 0.1) is 28.5 Å². The van der Waals surface area contributed by atoms with Crippen LogP contribution in [0.2, 0.25) is 0 Å². The molecule has 0 radical (unpaired) electrons. The van der Waals surface area contributed by atoms with Gasteiger partial charge in [-0.1, -0.05) is 12.2 Å². The van der Waals surface area contributed by atoms with E-state index in [0.29, 0.717) is 6.42 Å². The third kappa shape index (κ3) is 3.42. The summed E-state index contributed by atoms with van der Waals surface area (Å²) < 4.78 is 26.4. The van der Waals surface area contributed by atoms with Crippen LogP contribution in [0.3, 0.4) is 0 Å². The fourth-order valence-corrected chi connectivity index (χ4v) is 1.97. The fraction of sp³-hybridized carbons (Fsp3) is 0.125. The van der Waals surface area contributed by atoms with Crippen molar-refractivity contribution in [2.45, 2.75) is 6.42 Å². The molecule has 1 aromatic carbocycles. The van der Waals surface area contributed by atoms with Gasteiger partial charge in [0.15, 0.2) is 0 Å². The minimum Gasteiger partial charge on any atom is -0.396 e. The van der Waals surface area contributed by atoms with Crippen molar-refractivity contribution >= 4 is 11.4 Å². The van der Waals surface area contributed by atoms with Crippen LogP contribution in [0.4, 0.5) is 14.5 Å². The summed E-state index contributed by atoms with van der Waals surface area (Å²) >= 11 is 0. The topological polar surface area (TPSA) is 73.7 Å². The first-order chi connectivity index (χ1) is 10.0. The quantitative estimate of drug-likeness (QED) is 0.657. The van der Waals surface area contributed by atoms with Gasteiger partial charge < -0.3 is 11.1 Å². The zero-order valence-corrected chi connectivity index (χ0v) is 11.1. The van der Waals surface area contributed by atoms with Gasteiger partial charge in [0.25, 0.3) is 0 Å². The number of nitrogens with zero attached hydrogens (tertiary/aromatic N) is 1. The molecule has 1 aromatic rings. The Labute approximate surface area is 121 Å². The first-order valence-corrected chi connectivity index (χ1v) is 6.31. The van der Waals surface area contributed by atoms with E-state index in [2.05, 4.69) is 0 Å². The van der Waals surface area contributed by atoms with E-state index >= 15 is 0 Å². The van der Waals surface area contributed by atoms with Crippen LogP contribution in [-0.2, 0) is 0 Å². The molecule has 0 aromatic heterocycles. The lowest BCUT2D eigenvalue weighted by Gasteiger charge is -2.09. The van der Waals surface area contributed by atoms with E-state index < -0.39 is 5.82 Å². The third-order valence-electron chi connectivity index (χ3n) is 3.15. The molecule has 0 aliphatic heterocycles. The maximum Gasteiger partial charge on any atom is 0.148 e. The van der Waals surface area contributed by atoms with Gasteiger partial charge in [0.1, 0.15) is 11.6 Å². The average Bonchev–Trinajstić information content (AvgIpc) is 2.49. The first kappa shape index (κ1) is 14.7. The highest BCUT2D eigenvalue weighted by Gasteiger charge is 2.11. The van der Waals surface area contributed by atoms with Crippen molar-refractivity contribution in [3.63, 3.8) is 0 Å². The smallest absolute Gasteiger partial charge is 0.148 e. The molecule has 21 heavy (non-hydrogen) atoms. The molecule has 3 nitrogen and oxygen atoms in total. The largest absolute Gasteiger partial charge is 0.396 e. The van der Waals surface area contributed by atoms with Crippen molar-refractivity contribution in [1.29, 1.82) is 10.7 Å². The Balaban J connectivity index is 2.20. The van der Waals surface area contributed by atoms with Gasteiger partial charge in [-0.3, -0.25) is 0 Å². The number of halogens is 2. The molecule has 0 bridgehead atoms. The minimum absolute atomic E-state index is 0.00641. The maximum atomic E-state index is 13.6. The first-order valence-electron chi connectivity index (χ1n) is 6.31. The van der Waals surface area contributed by atoms with E-state index in [0.717, 1.165) is 6.07 Å².